The van der Waals surface area contributed by atoms with Crippen LogP contribution in [0.4, 0.5) is 4.79 Å². The van der Waals surface area contributed by atoms with Gasteiger partial charge in [-0.05, 0) is 38.9 Å². The summed E-state index contributed by atoms with van der Waals surface area (Å²) >= 11 is 0. The Morgan fingerprint density at radius 2 is 1.23 bits per heavy atom. The first-order valence-electron chi connectivity index (χ1n) is 16.5. The monoisotopic (exact) mass is 572 g/mol. The molecule has 1 unspecified atom stereocenters. The second kappa shape index (κ2) is 29.1. The molecule has 0 saturated heterocycles. The molecule has 0 heterocycles. The van der Waals surface area contributed by atoms with Crippen molar-refractivity contribution < 1.29 is 28.5 Å². The van der Waals surface area contributed by atoms with E-state index in [0.29, 0.717) is 26.2 Å². The lowest BCUT2D eigenvalue weighted by Crippen LogP contribution is -2.31. The van der Waals surface area contributed by atoms with Gasteiger partial charge in [-0.2, -0.15) is 0 Å². The maximum atomic E-state index is 12.4. The molecule has 0 spiro atoms. The minimum absolute atomic E-state index is 0.0749. The lowest BCUT2D eigenvalue weighted by Gasteiger charge is -2.19. The predicted molar refractivity (Wildman–Crippen MR) is 164 cm³/mol. The lowest BCUT2D eigenvalue weighted by molar-refractivity contribution is -0.160. The van der Waals surface area contributed by atoms with Crippen LogP contribution in [0.15, 0.2) is 0 Å². The standard InChI is InChI=1S/C32H64N2O6/c1-6-10-12-14-16-18-25-37-31(38-26-19-17-15-13-11-7-2)22-21-30(35)39-27-29(5)28-40-32(36)33-23-20-24-34(8-3)9-4/h29,31H,6-28H2,1-5H3,(H,33,36). The Hall–Kier alpha value is -1.38. The summed E-state index contributed by atoms with van der Waals surface area (Å²) in [5.41, 5.74) is 0. The summed E-state index contributed by atoms with van der Waals surface area (Å²) in [4.78, 5) is 26.6. The van der Waals surface area contributed by atoms with Gasteiger partial charge in [-0.3, -0.25) is 4.79 Å². The summed E-state index contributed by atoms with van der Waals surface area (Å²) in [6, 6.07) is 0. The van der Waals surface area contributed by atoms with Crippen LogP contribution in [0.3, 0.4) is 0 Å². The van der Waals surface area contributed by atoms with E-state index >= 15 is 0 Å². The third-order valence-corrected chi connectivity index (χ3v) is 7.03. The number of hydrogen-bond acceptors (Lipinski definition) is 7. The molecule has 0 fully saturated rings. The molecule has 0 aromatic carbocycles. The first-order valence-corrected chi connectivity index (χ1v) is 16.5. The maximum absolute atomic E-state index is 12.4. The van der Waals surface area contributed by atoms with Crippen molar-refractivity contribution in [2.75, 3.05) is 52.6 Å². The van der Waals surface area contributed by atoms with Crippen molar-refractivity contribution >= 4 is 12.1 Å². The molecule has 8 heteroatoms. The zero-order chi connectivity index (χ0) is 29.7. The van der Waals surface area contributed by atoms with Crippen LogP contribution in [-0.2, 0) is 23.7 Å². The van der Waals surface area contributed by atoms with E-state index in [1.54, 1.807) is 0 Å². The van der Waals surface area contributed by atoms with E-state index in [-0.39, 0.29) is 37.8 Å². The van der Waals surface area contributed by atoms with Gasteiger partial charge in [0.25, 0.3) is 0 Å². The van der Waals surface area contributed by atoms with Crippen molar-refractivity contribution in [2.24, 2.45) is 5.92 Å². The van der Waals surface area contributed by atoms with Gasteiger partial charge >= 0.3 is 12.1 Å². The number of carbonyl (C=O) groups excluding carboxylic acids is 2. The van der Waals surface area contributed by atoms with Crippen LogP contribution in [0.5, 0.6) is 0 Å². The molecule has 0 aliphatic rings. The molecule has 1 amide bonds. The van der Waals surface area contributed by atoms with Gasteiger partial charge < -0.3 is 29.2 Å². The number of rotatable bonds is 29. The van der Waals surface area contributed by atoms with Crippen molar-refractivity contribution in [3.8, 4) is 0 Å². The Morgan fingerprint density at radius 3 is 1.77 bits per heavy atom. The van der Waals surface area contributed by atoms with E-state index in [9.17, 15) is 9.59 Å². The van der Waals surface area contributed by atoms with Crippen LogP contribution in [-0.4, -0.2) is 75.9 Å². The van der Waals surface area contributed by atoms with Gasteiger partial charge in [-0.1, -0.05) is 98.8 Å². The summed E-state index contributed by atoms with van der Waals surface area (Å²) in [6.07, 6.45) is 15.3. The third-order valence-electron chi connectivity index (χ3n) is 7.03. The Labute approximate surface area is 246 Å². The van der Waals surface area contributed by atoms with E-state index in [1.807, 2.05) is 6.92 Å². The number of carbonyl (C=O) groups is 2. The van der Waals surface area contributed by atoms with E-state index in [4.69, 9.17) is 18.9 Å². The average Bonchev–Trinajstić information content (AvgIpc) is 2.96. The zero-order valence-electron chi connectivity index (χ0n) is 26.8. The van der Waals surface area contributed by atoms with Crippen LogP contribution < -0.4 is 5.32 Å². The fraction of sp³-hybridized carbons (Fsp3) is 0.938. The highest BCUT2D eigenvalue weighted by Crippen LogP contribution is 2.12. The van der Waals surface area contributed by atoms with Gasteiger partial charge in [0, 0.05) is 32.1 Å². The van der Waals surface area contributed by atoms with Gasteiger partial charge in [0.1, 0.15) is 0 Å². The predicted octanol–water partition coefficient (Wildman–Crippen LogP) is 7.48. The highest BCUT2D eigenvalue weighted by atomic mass is 16.7. The number of amides is 1. The van der Waals surface area contributed by atoms with Crippen LogP contribution in [0.25, 0.3) is 0 Å². The molecule has 0 aliphatic carbocycles. The van der Waals surface area contributed by atoms with E-state index in [0.717, 1.165) is 38.9 Å². The van der Waals surface area contributed by atoms with Gasteiger partial charge in [0.2, 0.25) is 0 Å². The number of alkyl carbamates (subject to hydrolysis) is 1. The molecule has 0 aromatic heterocycles. The van der Waals surface area contributed by atoms with Crippen molar-refractivity contribution in [3.63, 3.8) is 0 Å². The molecule has 238 valence electrons. The Balaban J connectivity index is 4.17. The molecule has 0 aliphatic heterocycles. The molecule has 40 heavy (non-hydrogen) atoms. The Kier molecular flexibility index (Phi) is 28.1. The summed E-state index contributed by atoms with van der Waals surface area (Å²) in [5, 5.41) is 2.78. The first kappa shape index (κ1) is 38.6. The number of nitrogens with zero attached hydrogens (tertiary/aromatic N) is 1. The second-order valence-electron chi connectivity index (χ2n) is 10.9. The summed E-state index contributed by atoms with van der Waals surface area (Å²) in [5.74, 6) is -0.349. The van der Waals surface area contributed by atoms with Crippen molar-refractivity contribution in [3.05, 3.63) is 0 Å². The molecule has 0 rings (SSSR count). The molecular formula is C32H64N2O6. The highest BCUT2D eigenvalue weighted by molar-refractivity contribution is 5.69. The molecule has 0 saturated carbocycles. The number of esters is 1. The molecule has 8 nitrogen and oxygen atoms in total. The smallest absolute Gasteiger partial charge is 0.407 e. The second-order valence-corrected chi connectivity index (χ2v) is 10.9. The van der Waals surface area contributed by atoms with Crippen LogP contribution in [0.1, 0.15) is 131 Å². The molecule has 0 radical (unpaired) electrons. The number of hydrogen-bond donors (Lipinski definition) is 1. The van der Waals surface area contributed by atoms with Crippen LogP contribution in [0.2, 0.25) is 0 Å². The third kappa shape index (κ3) is 25.6. The quantitative estimate of drug-likeness (QED) is 0.0565. The SMILES string of the molecule is CCCCCCCCOC(CCC(=O)OCC(C)COC(=O)NCCCN(CC)CC)OCCCCCCCC. The lowest BCUT2D eigenvalue weighted by atomic mass is 10.1. The number of unbranched alkanes of at least 4 members (excludes halogenated alkanes) is 10. The average molecular weight is 573 g/mol. The normalized spacial score (nSPS) is 12.2. The van der Waals surface area contributed by atoms with Crippen molar-refractivity contribution in [1.29, 1.82) is 0 Å². The fourth-order valence-corrected chi connectivity index (χ4v) is 4.30. The van der Waals surface area contributed by atoms with Crippen molar-refractivity contribution in [1.82, 2.24) is 10.2 Å². The summed E-state index contributed by atoms with van der Waals surface area (Å²) < 4.78 is 22.7. The minimum atomic E-state index is -0.425. The Bertz CT molecular complexity index is 556. The fourth-order valence-electron chi connectivity index (χ4n) is 4.30. The largest absolute Gasteiger partial charge is 0.465 e. The Morgan fingerprint density at radius 1 is 0.700 bits per heavy atom. The maximum Gasteiger partial charge on any atom is 0.407 e. The van der Waals surface area contributed by atoms with E-state index < -0.39 is 6.09 Å². The van der Waals surface area contributed by atoms with Crippen LogP contribution in [0, 0.1) is 5.92 Å². The zero-order valence-corrected chi connectivity index (χ0v) is 26.8. The molecule has 1 N–H and O–H groups in total. The summed E-state index contributed by atoms with van der Waals surface area (Å²) in [7, 11) is 0. The van der Waals surface area contributed by atoms with Gasteiger partial charge in [0.15, 0.2) is 6.29 Å². The number of nitrogens with one attached hydrogen (secondary N) is 1. The van der Waals surface area contributed by atoms with Crippen molar-refractivity contribution in [2.45, 2.75) is 137 Å². The minimum Gasteiger partial charge on any atom is -0.465 e. The van der Waals surface area contributed by atoms with Gasteiger partial charge in [0.05, 0.1) is 19.6 Å². The number of ether oxygens (including phenoxy) is 4. The molecule has 1 atom stereocenters. The van der Waals surface area contributed by atoms with Gasteiger partial charge in [-0.25, -0.2) is 4.79 Å². The molecule has 0 bridgehead atoms. The van der Waals surface area contributed by atoms with E-state index in [2.05, 4.69) is 37.9 Å². The summed E-state index contributed by atoms with van der Waals surface area (Å²) in [6.45, 7) is 15.9. The highest BCUT2D eigenvalue weighted by Gasteiger charge is 2.15. The topological polar surface area (TPSA) is 86.3 Å². The molecule has 0 aromatic rings. The molecular weight excluding hydrogens is 508 g/mol. The van der Waals surface area contributed by atoms with Crippen LogP contribution >= 0.6 is 0 Å². The first-order chi connectivity index (χ1) is 19.5. The van der Waals surface area contributed by atoms with Gasteiger partial charge in [-0.15, -0.1) is 0 Å². The van der Waals surface area contributed by atoms with E-state index in [1.165, 1.54) is 64.2 Å².